The predicted octanol–water partition coefficient (Wildman–Crippen LogP) is 0.599. The number of amides is 1. The highest BCUT2D eigenvalue weighted by Gasteiger charge is 2.47. The predicted molar refractivity (Wildman–Crippen MR) is 77.9 cm³/mol. The fourth-order valence-electron chi connectivity index (χ4n) is 2.37. The van der Waals surface area contributed by atoms with Gasteiger partial charge >= 0.3 is 0 Å². The third-order valence-electron chi connectivity index (χ3n) is 3.55. The van der Waals surface area contributed by atoms with Gasteiger partial charge in [0.05, 0.1) is 18.5 Å². The molecule has 3 N–H and O–H groups in total. The Morgan fingerprint density at radius 3 is 2.85 bits per heavy atom. The molecule has 1 saturated heterocycles. The molecule has 1 aliphatic heterocycles. The highest BCUT2D eigenvalue weighted by molar-refractivity contribution is 7.18. The number of primary amides is 1. The molecule has 0 aromatic carbocycles. The topological polar surface area (TPSA) is 92.3 Å². The molecule has 106 valence electrons. The molecule has 6 nitrogen and oxygen atoms in total. The van der Waals surface area contributed by atoms with Gasteiger partial charge in [0.25, 0.3) is 5.91 Å². The third-order valence-corrected chi connectivity index (χ3v) is 4.72. The van der Waals surface area contributed by atoms with E-state index >= 15 is 0 Å². The second-order valence-electron chi connectivity index (χ2n) is 5.13. The van der Waals surface area contributed by atoms with Crippen molar-refractivity contribution in [3.63, 3.8) is 0 Å². The first kappa shape index (κ1) is 13.3. The van der Waals surface area contributed by atoms with Gasteiger partial charge in [0, 0.05) is 4.88 Å². The molecule has 1 aliphatic rings. The Labute approximate surface area is 120 Å². The number of nitrogens with two attached hydrogens (primary N) is 1. The summed E-state index contributed by atoms with van der Waals surface area (Å²) >= 11 is 1.65. The molecule has 20 heavy (non-hydrogen) atoms. The standard InChI is InChI=1S/C13H16N4O2S/c1-3-8-4-9-10(15-7(2)16-11(9)20-8)17-5-13(19,6-17)12(14)18/h4,19H,3,5-6H2,1-2H3,(H2,14,18). The number of aliphatic hydroxyl groups is 1. The van der Waals surface area contributed by atoms with Crippen LogP contribution in [0, 0.1) is 6.92 Å². The van der Waals surface area contributed by atoms with E-state index in [1.54, 1.807) is 11.3 Å². The van der Waals surface area contributed by atoms with Crippen LogP contribution in [0.4, 0.5) is 5.82 Å². The van der Waals surface area contributed by atoms with Crippen molar-refractivity contribution in [3.8, 4) is 0 Å². The minimum atomic E-state index is -1.44. The number of hydrogen-bond donors (Lipinski definition) is 2. The fraction of sp³-hybridized carbons (Fsp3) is 0.462. The van der Waals surface area contributed by atoms with Gasteiger partial charge in [0.1, 0.15) is 16.5 Å². The van der Waals surface area contributed by atoms with Crippen molar-refractivity contribution in [1.29, 1.82) is 0 Å². The zero-order valence-electron chi connectivity index (χ0n) is 11.4. The van der Waals surface area contributed by atoms with Gasteiger partial charge in [-0.3, -0.25) is 4.79 Å². The Morgan fingerprint density at radius 1 is 1.55 bits per heavy atom. The number of thiophene rings is 1. The molecule has 1 fully saturated rings. The van der Waals surface area contributed by atoms with Crippen LogP contribution in [0.15, 0.2) is 6.07 Å². The van der Waals surface area contributed by atoms with E-state index in [0.29, 0.717) is 5.82 Å². The van der Waals surface area contributed by atoms with Gasteiger partial charge in [-0.2, -0.15) is 0 Å². The monoisotopic (exact) mass is 292 g/mol. The molecule has 0 radical (unpaired) electrons. The lowest BCUT2D eigenvalue weighted by Crippen LogP contribution is -2.68. The molecule has 7 heteroatoms. The molecule has 0 bridgehead atoms. The Bertz CT molecular complexity index is 691. The van der Waals surface area contributed by atoms with Gasteiger partial charge in [0.15, 0.2) is 5.60 Å². The summed E-state index contributed by atoms with van der Waals surface area (Å²) in [4.78, 5) is 24.1. The maximum Gasteiger partial charge on any atom is 0.253 e. The maximum absolute atomic E-state index is 11.2. The lowest BCUT2D eigenvalue weighted by molar-refractivity contribution is -0.138. The summed E-state index contributed by atoms with van der Waals surface area (Å²) in [6.07, 6.45) is 0.949. The molecular weight excluding hydrogens is 276 g/mol. The van der Waals surface area contributed by atoms with Crippen LogP contribution < -0.4 is 10.6 Å². The highest BCUT2D eigenvalue weighted by atomic mass is 32.1. The highest BCUT2D eigenvalue weighted by Crippen LogP contribution is 2.35. The first-order valence-electron chi connectivity index (χ1n) is 6.47. The van der Waals surface area contributed by atoms with Crippen molar-refractivity contribution in [3.05, 3.63) is 16.8 Å². The number of aromatic nitrogens is 2. The quantitative estimate of drug-likeness (QED) is 0.864. The summed E-state index contributed by atoms with van der Waals surface area (Å²) in [5.74, 6) is 0.774. The van der Waals surface area contributed by atoms with Crippen molar-refractivity contribution in [2.75, 3.05) is 18.0 Å². The smallest absolute Gasteiger partial charge is 0.253 e. The van der Waals surface area contributed by atoms with Gasteiger partial charge < -0.3 is 15.7 Å². The van der Waals surface area contributed by atoms with Crippen molar-refractivity contribution < 1.29 is 9.90 Å². The molecule has 3 heterocycles. The first-order valence-corrected chi connectivity index (χ1v) is 7.29. The lowest BCUT2D eigenvalue weighted by Gasteiger charge is -2.44. The van der Waals surface area contributed by atoms with Gasteiger partial charge in [-0.1, -0.05) is 6.92 Å². The van der Waals surface area contributed by atoms with Crippen LogP contribution in [0.1, 0.15) is 17.6 Å². The number of β-amino-alcohol motifs (C(OH)–C–C–N with tert-alkyl or cyclic N) is 1. The van der Waals surface area contributed by atoms with Gasteiger partial charge in [-0.05, 0) is 19.4 Å². The number of hydrogen-bond acceptors (Lipinski definition) is 6. The number of fused-ring (bicyclic) bond motifs is 1. The van der Waals surface area contributed by atoms with Crippen molar-refractivity contribution in [2.24, 2.45) is 5.73 Å². The van der Waals surface area contributed by atoms with Gasteiger partial charge in [-0.25, -0.2) is 9.97 Å². The number of carbonyl (C=O) groups excluding carboxylic acids is 1. The number of nitrogens with zero attached hydrogens (tertiary/aromatic N) is 3. The van der Waals surface area contributed by atoms with E-state index in [2.05, 4.69) is 23.0 Å². The summed E-state index contributed by atoms with van der Waals surface area (Å²) in [6.45, 7) is 4.31. The summed E-state index contributed by atoms with van der Waals surface area (Å²) in [5, 5.41) is 10.9. The molecule has 2 aromatic heterocycles. The molecule has 0 saturated carbocycles. The summed E-state index contributed by atoms with van der Waals surface area (Å²) < 4.78 is 0. The minimum Gasteiger partial charge on any atom is -0.377 e. The van der Waals surface area contributed by atoms with E-state index < -0.39 is 11.5 Å². The van der Waals surface area contributed by atoms with E-state index in [4.69, 9.17) is 5.73 Å². The second kappa shape index (κ2) is 4.39. The molecule has 3 rings (SSSR count). The van der Waals surface area contributed by atoms with Gasteiger partial charge in [-0.15, -0.1) is 11.3 Å². The van der Waals surface area contributed by atoms with Crippen molar-refractivity contribution >= 4 is 33.3 Å². The zero-order chi connectivity index (χ0) is 14.5. The average Bonchev–Trinajstić information content (AvgIpc) is 2.76. The molecule has 2 aromatic rings. The number of anilines is 1. The summed E-state index contributed by atoms with van der Waals surface area (Å²) in [5.41, 5.74) is 3.76. The Hall–Kier alpha value is -1.73. The van der Waals surface area contributed by atoms with Crippen LogP contribution in [-0.4, -0.2) is 39.7 Å². The van der Waals surface area contributed by atoms with Crippen molar-refractivity contribution in [1.82, 2.24) is 9.97 Å². The number of aryl methyl sites for hydroxylation is 2. The average molecular weight is 292 g/mol. The minimum absolute atomic E-state index is 0.186. The van der Waals surface area contributed by atoms with E-state index in [1.165, 1.54) is 4.88 Å². The summed E-state index contributed by atoms with van der Waals surface area (Å²) in [7, 11) is 0. The van der Waals surface area contributed by atoms with E-state index in [9.17, 15) is 9.90 Å². The number of rotatable bonds is 3. The van der Waals surface area contributed by atoms with Crippen LogP contribution >= 0.6 is 11.3 Å². The Morgan fingerprint density at radius 2 is 2.25 bits per heavy atom. The normalized spacial score (nSPS) is 17.2. The Kier molecular flexibility index (Phi) is 2.91. The SMILES string of the molecule is CCc1cc2c(N3CC(O)(C(N)=O)C3)nc(C)nc2s1. The third kappa shape index (κ3) is 1.94. The van der Waals surface area contributed by atoms with E-state index in [-0.39, 0.29) is 13.1 Å². The fourth-order valence-corrected chi connectivity index (χ4v) is 3.37. The second-order valence-corrected chi connectivity index (χ2v) is 6.25. The lowest BCUT2D eigenvalue weighted by atomic mass is 9.93. The van der Waals surface area contributed by atoms with Crippen LogP contribution in [0.25, 0.3) is 10.2 Å². The van der Waals surface area contributed by atoms with Gasteiger partial charge in [0.2, 0.25) is 0 Å². The van der Waals surface area contributed by atoms with E-state index in [0.717, 1.165) is 22.5 Å². The van der Waals surface area contributed by atoms with Crippen LogP contribution in [-0.2, 0) is 11.2 Å². The molecule has 0 aliphatic carbocycles. The molecule has 0 spiro atoms. The van der Waals surface area contributed by atoms with Crippen LogP contribution in [0.5, 0.6) is 0 Å². The molecular formula is C13H16N4O2S. The van der Waals surface area contributed by atoms with Crippen LogP contribution in [0.3, 0.4) is 0 Å². The van der Waals surface area contributed by atoms with Crippen molar-refractivity contribution in [2.45, 2.75) is 25.9 Å². The molecule has 0 atom stereocenters. The first-order chi connectivity index (χ1) is 9.43. The zero-order valence-corrected chi connectivity index (χ0v) is 12.2. The molecule has 0 unspecified atom stereocenters. The largest absolute Gasteiger partial charge is 0.377 e. The number of carbonyl (C=O) groups is 1. The van der Waals surface area contributed by atoms with Crippen LogP contribution in [0.2, 0.25) is 0 Å². The molecule has 1 amide bonds. The summed E-state index contributed by atoms with van der Waals surface area (Å²) in [6, 6.07) is 2.08. The maximum atomic E-state index is 11.2. The van der Waals surface area contributed by atoms with E-state index in [1.807, 2.05) is 11.8 Å². The Balaban J connectivity index is 2.00.